The lowest BCUT2D eigenvalue weighted by atomic mass is 9.98. The maximum atomic E-state index is 13.0. The van der Waals surface area contributed by atoms with Crippen molar-refractivity contribution in [2.75, 3.05) is 24.3 Å². The molecule has 0 rings (SSSR count). The van der Waals surface area contributed by atoms with Crippen LogP contribution in [0, 0.1) is 5.92 Å². The fraction of sp³-hybridized carbons (Fsp3) is 0.800. The number of thiol groups is 1. The quantitative estimate of drug-likeness (QED) is 0.107. The van der Waals surface area contributed by atoms with Gasteiger partial charge in [-0.25, -0.2) is 4.79 Å². The predicted molar refractivity (Wildman–Crippen MR) is 131 cm³/mol. The molecule has 0 aliphatic heterocycles. The number of carboxylic acid groups (broad SMARTS) is 1. The summed E-state index contributed by atoms with van der Waals surface area (Å²) in [6, 6.07) is -3.76. The van der Waals surface area contributed by atoms with Crippen LogP contribution < -0.4 is 27.4 Å². The Labute approximate surface area is 200 Å². The second-order valence-electron chi connectivity index (χ2n) is 7.68. The average molecular weight is 494 g/mol. The Balaban J connectivity index is 5.40. The predicted octanol–water partition coefficient (Wildman–Crippen LogP) is -0.289. The van der Waals surface area contributed by atoms with Crippen molar-refractivity contribution < 1.29 is 24.3 Å². The van der Waals surface area contributed by atoms with Crippen LogP contribution in [0.5, 0.6) is 0 Å². The van der Waals surface area contributed by atoms with Crippen LogP contribution in [0.1, 0.15) is 46.0 Å². The summed E-state index contributed by atoms with van der Waals surface area (Å²) < 4.78 is 0. The summed E-state index contributed by atoms with van der Waals surface area (Å²) in [7, 11) is 0. The second-order valence-corrected chi connectivity index (χ2v) is 9.03. The molecule has 0 radical (unpaired) electrons. The normalized spacial score (nSPS) is 15.7. The molecule has 186 valence electrons. The van der Waals surface area contributed by atoms with Gasteiger partial charge in [0.1, 0.15) is 18.1 Å². The second kappa shape index (κ2) is 17.0. The number of rotatable bonds is 17. The summed E-state index contributed by atoms with van der Waals surface area (Å²) in [5.41, 5.74) is 11.5. The number of carbonyl (C=O) groups excluding carboxylic acids is 3. The molecule has 0 saturated carbocycles. The van der Waals surface area contributed by atoms with Crippen LogP contribution in [0.15, 0.2) is 0 Å². The molecule has 8 N–H and O–H groups in total. The summed E-state index contributed by atoms with van der Waals surface area (Å²) in [5, 5.41) is 16.9. The van der Waals surface area contributed by atoms with Crippen LogP contribution in [-0.2, 0) is 19.2 Å². The highest BCUT2D eigenvalue weighted by Gasteiger charge is 2.30. The van der Waals surface area contributed by atoms with Gasteiger partial charge >= 0.3 is 5.97 Å². The van der Waals surface area contributed by atoms with Gasteiger partial charge in [0.25, 0.3) is 0 Å². The van der Waals surface area contributed by atoms with E-state index >= 15 is 0 Å². The number of hydrogen-bond acceptors (Lipinski definition) is 8. The third-order valence-corrected chi connectivity index (χ3v) is 6.19. The van der Waals surface area contributed by atoms with Gasteiger partial charge in [-0.3, -0.25) is 14.4 Å². The molecule has 12 heteroatoms. The Hall–Kier alpha value is -1.50. The fourth-order valence-electron chi connectivity index (χ4n) is 2.78. The van der Waals surface area contributed by atoms with E-state index in [2.05, 4.69) is 28.6 Å². The van der Waals surface area contributed by atoms with Gasteiger partial charge in [0.2, 0.25) is 17.7 Å². The monoisotopic (exact) mass is 493 g/mol. The van der Waals surface area contributed by atoms with Crippen LogP contribution in [0.25, 0.3) is 0 Å². The summed E-state index contributed by atoms with van der Waals surface area (Å²) in [6.07, 6.45) is 4.49. The summed E-state index contributed by atoms with van der Waals surface area (Å²) in [6.45, 7) is 4.23. The third kappa shape index (κ3) is 11.4. The summed E-state index contributed by atoms with van der Waals surface area (Å²) >= 11 is 5.43. The average Bonchev–Trinajstić information content (AvgIpc) is 2.77. The zero-order valence-corrected chi connectivity index (χ0v) is 20.8. The SMILES string of the molecule is CCC(C)C(N)C(=O)NC(CCCCN)C(=O)NC(CCSC)C(=O)NC(CS)C(=O)O. The van der Waals surface area contributed by atoms with Crippen LogP contribution in [0.3, 0.4) is 0 Å². The lowest BCUT2D eigenvalue weighted by molar-refractivity contribution is -0.141. The van der Waals surface area contributed by atoms with Crippen LogP contribution >= 0.6 is 24.4 Å². The topological polar surface area (TPSA) is 177 Å². The third-order valence-electron chi connectivity index (χ3n) is 5.18. The minimum Gasteiger partial charge on any atom is -0.480 e. The van der Waals surface area contributed by atoms with Gasteiger partial charge in [-0.15, -0.1) is 0 Å². The molecule has 10 nitrogen and oxygen atoms in total. The molecule has 0 bridgehead atoms. The Kier molecular flexibility index (Phi) is 16.2. The van der Waals surface area contributed by atoms with Crippen molar-refractivity contribution in [3.05, 3.63) is 0 Å². The first kappa shape index (κ1) is 30.5. The number of hydrogen-bond donors (Lipinski definition) is 7. The molecule has 5 atom stereocenters. The van der Waals surface area contributed by atoms with E-state index in [1.807, 2.05) is 20.1 Å². The van der Waals surface area contributed by atoms with Crippen LogP contribution in [0.2, 0.25) is 0 Å². The molecule has 0 spiro atoms. The first-order valence-electron chi connectivity index (χ1n) is 10.8. The van der Waals surface area contributed by atoms with Crippen molar-refractivity contribution in [1.29, 1.82) is 0 Å². The van der Waals surface area contributed by atoms with Crippen molar-refractivity contribution in [2.24, 2.45) is 17.4 Å². The largest absolute Gasteiger partial charge is 0.480 e. The van der Waals surface area contributed by atoms with Gasteiger partial charge in [0.15, 0.2) is 0 Å². The number of unbranched alkanes of at least 4 members (excludes halogenated alkanes) is 1. The first-order valence-corrected chi connectivity index (χ1v) is 12.8. The van der Waals surface area contributed by atoms with E-state index in [0.717, 1.165) is 0 Å². The van der Waals surface area contributed by atoms with E-state index in [4.69, 9.17) is 16.6 Å². The van der Waals surface area contributed by atoms with Gasteiger partial charge in [-0.05, 0) is 50.2 Å². The maximum absolute atomic E-state index is 13.0. The molecule has 0 aromatic heterocycles. The number of amides is 3. The van der Waals surface area contributed by atoms with Gasteiger partial charge < -0.3 is 32.5 Å². The number of carbonyl (C=O) groups is 4. The van der Waals surface area contributed by atoms with Crippen molar-refractivity contribution in [2.45, 2.75) is 70.1 Å². The molecular formula is C20H39N5O5S2. The number of nitrogens with two attached hydrogens (primary N) is 2. The molecular weight excluding hydrogens is 454 g/mol. The summed E-state index contributed by atoms with van der Waals surface area (Å²) in [5.74, 6) is -2.36. The Morgan fingerprint density at radius 3 is 1.97 bits per heavy atom. The number of carboxylic acids is 1. The zero-order chi connectivity index (χ0) is 24.7. The number of nitrogens with one attached hydrogen (secondary N) is 3. The van der Waals surface area contributed by atoms with Gasteiger partial charge in [0, 0.05) is 5.75 Å². The smallest absolute Gasteiger partial charge is 0.327 e. The molecule has 0 saturated heterocycles. The van der Waals surface area contributed by atoms with E-state index < -0.39 is 47.9 Å². The highest BCUT2D eigenvalue weighted by molar-refractivity contribution is 7.98. The van der Waals surface area contributed by atoms with Crippen molar-refractivity contribution in [3.63, 3.8) is 0 Å². The van der Waals surface area contributed by atoms with Crippen LogP contribution in [-0.4, -0.2) is 77.3 Å². The molecule has 3 amide bonds. The molecule has 5 unspecified atom stereocenters. The van der Waals surface area contributed by atoms with Gasteiger partial charge in [0.05, 0.1) is 6.04 Å². The molecule has 0 heterocycles. The van der Waals surface area contributed by atoms with E-state index in [1.165, 1.54) is 11.8 Å². The Morgan fingerprint density at radius 2 is 1.50 bits per heavy atom. The fourth-order valence-corrected chi connectivity index (χ4v) is 3.50. The first-order chi connectivity index (χ1) is 15.1. The van der Waals surface area contributed by atoms with E-state index in [1.54, 1.807) is 0 Å². The van der Waals surface area contributed by atoms with Gasteiger partial charge in [-0.1, -0.05) is 20.3 Å². The van der Waals surface area contributed by atoms with E-state index in [9.17, 15) is 19.2 Å². The van der Waals surface area contributed by atoms with Gasteiger partial charge in [-0.2, -0.15) is 24.4 Å². The molecule has 0 aromatic rings. The van der Waals surface area contributed by atoms with Crippen molar-refractivity contribution in [3.8, 4) is 0 Å². The Bertz CT molecular complexity index is 611. The minimum absolute atomic E-state index is 0.0583. The lowest BCUT2D eigenvalue weighted by Crippen LogP contribution is -2.57. The highest BCUT2D eigenvalue weighted by atomic mass is 32.2. The maximum Gasteiger partial charge on any atom is 0.327 e. The molecule has 0 fully saturated rings. The van der Waals surface area contributed by atoms with Crippen LogP contribution in [0.4, 0.5) is 0 Å². The molecule has 0 aliphatic rings. The van der Waals surface area contributed by atoms with Crippen molar-refractivity contribution >= 4 is 48.1 Å². The van der Waals surface area contributed by atoms with E-state index in [-0.39, 0.29) is 11.7 Å². The van der Waals surface area contributed by atoms with E-state index in [0.29, 0.717) is 44.4 Å². The van der Waals surface area contributed by atoms with Crippen molar-refractivity contribution in [1.82, 2.24) is 16.0 Å². The Morgan fingerprint density at radius 1 is 0.969 bits per heavy atom. The minimum atomic E-state index is -1.21. The number of thioether (sulfide) groups is 1. The lowest BCUT2D eigenvalue weighted by Gasteiger charge is -2.26. The molecule has 32 heavy (non-hydrogen) atoms. The molecule has 0 aliphatic carbocycles. The highest BCUT2D eigenvalue weighted by Crippen LogP contribution is 2.09. The zero-order valence-electron chi connectivity index (χ0n) is 19.1. The summed E-state index contributed by atoms with van der Waals surface area (Å²) in [4.78, 5) is 49.4. The standard InChI is InChI=1S/C20H39N5O5S2/c1-4-12(2)16(22)19(28)24-13(7-5-6-9-21)17(26)23-14(8-10-32-3)18(27)25-15(11-31)20(29)30/h12-16,31H,4-11,21-22H2,1-3H3,(H,23,26)(H,24,28)(H,25,27)(H,29,30). The number of aliphatic carboxylic acids is 1. The molecule has 0 aromatic carbocycles.